The largest absolute Gasteiger partial charge is 0.481 e. The van der Waals surface area contributed by atoms with E-state index >= 15 is 0 Å². The number of hydrogen-bond acceptors (Lipinski definition) is 2. The summed E-state index contributed by atoms with van der Waals surface area (Å²) in [5.74, 6) is 0.423. The lowest BCUT2D eigenvalue weighted by atomic mass is 10.1. The van der Waals surface area contributed by atoms with Crippen LogP contribution in [-0.2, 0) is 0 Å². The highest BCUT2D eigenvalue weighted by molar-refractivity contribution is 6.56. The SMILES string of the molecule is COc1cc(-c2c(Cl)c(Cl)c(Cl)c(Cl)c2Cl)ccn1. The Morgan fingerprint density at radius 3 is 1.95 bits per heavy atom. The normalized spacial score (nSPS) is 10.6. The summed E-state index contributed by atoms with van der Waals surface area (Å²) in [5, 5.41) is 0.902. The van der Waals surface area contributed by atoms with Crippen LogP contribution in [0, 0.1) is 0 Å². The predicted octanol–water partition coefficient (Wildman–Crippen LogP) is 6.02. The molecule has 0 aliphatic heterocycles. The van der Waals surface area contributed by atoms with Crippen molar-refractivity contribution in [1.82, 2.24) is 4.98 Å². The Morgan fingerprint density at radius 2 is 1.42 bits per heavy atom. The van der Waals surface area contributed by atoms with Gasteiger partial charge in [-0.2, -0.15) is 0 Å². The lowest BCUT2D eigenvalue weighted by molar-refractivity contribution is 0.398. The van der Waals surface area contributed by atoms with Crippen LogP contribution >= 0.6 is 58.0 Å². The fraction of sp³-hybridized carbons (Fsp3) is 0.0833. The summed E-state index contributed by atoms with van der Waals surface area (Å²) in [6.07, 6.45) is 1.57. The summed E-state index contributed by atoms with van der Waals surface area (Å²) < 4.78 is 5.05. The number of benzene rings is 1. The molecule has 100 valence electrons. The molecule has 0 saturated carbocycles. The summed E-state index contributed by atoms with van der Waals surface area (Å²) in [7, 11) is 1.51. The van der Waals surface area contributed by atoms with E-state index in [1.807, 2.05) is 0 Å². The second kappa shape index (κ2) is 5.94. The molecule has 1 aromatic carbocycles. The Labute approximate surface area is 135 Å². The molecule has 2 aromatic rings. The highest BCUT2D eigenvalue weighted by atomic mass is 35.5. The van der Waals surface area contributed by atoms with Gasteiger partial charge in [0.15, 0.2) is 0 Å². The predicted molar refractivity (Wildman–Crippen MR) is 81.3 cm³/mol. The zero-order chi connectivity index (χ0) is 14.2. The number of aromatic nitrogens is 1. The van der Waals surface area contributed by atoms with Crippen molar-refractivity contribution in [3.8, 4) is 17.0 Å². The number of nitrogens with zero attached hydrogens (tertiary/aromatic N) is 1. The molecule has 0 spiro atoms. The zero-order valence-electron chi connectivity index (χ0n) is 9.48. The number of methoxy groups -OCH3 is 1. The van der Waals surface area contributed by atoms with Crippen molar-refractivity contribution in [3.63, 3.8) is 0 Å². The molecule has 0 aliphatic rings. The maximum Gasteiger partial charge on any atom is 0.213 e. The average molecular weight is 357 g/mol. The highest BCUT2D eigenvalue weighted by Crippen LogP contribution is 2.48. The highest BCUT2D eigenvalue weighted by Gasteiger charge is 2.20. The van der Waals surface area contributed by atoms with Gasteiger partial charge in [0.05, 0.1) is 32.2 Å². The molecule has 19 heavy (non-hydrogen) atoms. The van der Waals surface area contributed by atoms with Gasteiger partial charge in [-0.25, -0.2) is 4.98 Å². The van der Waals surface area contributed by atoms with Gasteiger partial charge in [-0.3, -0.25) is 0 Å². The van der Waals surface area contributed by atoms with E-state index in [1.165, 1.54) is 7.11 Å². The van der Waals surface area contributed by atoms with E-state index in [2.05, 4.69) is 4.98 Å². The first kappa shape index (κ1) is 15.0. The van der Waals surface area contributed by atoms with Crippen molar-refractivity contribution in [1.29, 1.82) is 0 Å². The summed E-state index contributed by atoms with van der Waals surface area (Å²) in [4.78, 5) is 4.00. The molecule has 0 amide bonds. The van der Waals surface area contributed by atoms with Gasteiger partial charge in [0.2, 0.25) is 5.88 Å². The van der Waals surface area contributed by atoms with Gasteiger partial charge >= 0.3 is 0 Å². The Bertz CT molecular complexity index is 615. The van der Waals surface area contributed by atoms with Crippen LogP contribution in [0.4, 0.5) is 0 Å². The first-order valence-electron chi connectivity index (χ1n) is 4.99. The Hall–Kier alpha value is -0.380. The third-order valence-electron chi connectivity index (χ3n) is 2.44. The van der Waals surface area contributed by atoms with Crippen molar-refractivity contribution in [2.24, 2.45) is 0 Å². The van der Waals surface area contributed by atoms with Crippen LogP contribution in [0.2, 0.25) is 25.1 Å². The number of pyridine rings is 1. The van der Waals surface area contributed by atoms with Gasteiger partial charge in [0, 0.05) is 17.8 Å². The third-order valence-corrected chi connectivity index (χ3v) is 4.72. The molecule has 0 aliphatic carbocycles. The van der Waals surface area contributed by atoms with Gasteiger partial charge in [-0.1, -0.05) is 58.0 Å². The zero-order valence-corrected chi connectivity index (χ0v) is 13.3. The topological polar surface area (TPSA) is 22.1 Å². The molecule has 1 heterocycles. The van der Waals surface area contributed by atoms with Gasteiger partial charge in [0.25, 0.3) is 0 Å². The summed E-state index contributed by atoms with van der Waals surface area (Å²) in [6.45, 7) is 0. The molecule has 7 heteroatoms. The number of ether oxygens (including phenoxy) is 1. The first-order valence-corrected chi connectivity index (χ1v) is 6.88. The van der Waals surface area contributed by atoms with Crippen molar-refractivity contribution < 1.29 is 4.74 Å². The molecule has 0 fully saturated rings. The second-order valence-corrected chi connectivity index (χ2v) is 5.42. The average Bonchev–Trinajstić information content (AvgIpc) is 2.43. The van der Waals surface area contributed by atoms with Crippen LogP contribution in [0.25, 0.3) is 11.1 Å². The van der Waals surface area contributed by atoms with Crippen molar-refractivity contribution in [3.05, 3.63) is 43.4 Å². The van der Waals surface area contributed by atoms with Crippen molar-refractivity contribution in [2.45, 2.75) is 0 Å². The van der Waals surface area contributed by atoms with Gasteiger partial charge in [0.1, 0.15) is 0 Å². The van der Waals surface area contributed by atoms with Crippen LogP contribution in [0.5, 0.6) is 5.88 Å². The Kier molecular flexibility index (Phi) is 4.70. The van der Waals surface area contributed by atoms with E-state index in [4.69, 9.17) is 62.7 Å². The van der Waals surface area contributed by atoms with Crippen LogP contribution in [0.1, 0.15) is 0 Å². The van der Waals surface area contributed by atoms with Crippen LogP contribution < -0.4 is 4.74 Å². The summed E-state index contributed by atoms with van der Waals surface area (Å²) in [6, 6.07) is 3.39. The lowest BCUT2D eigenvalue weighted by Crippen LogP contribution is -1.90. The van der Waals surface area contributed by atoms with Gasteiger partial charge < -0.3 is 4.74 Å². The first-order chi connectivity index (χ1) is 8.97. The molecule has 2 rings (SSSR count). The molecule has 0 bridgehead atoms. The van der Waals surface area contributed by atoms with Crippen molar-refractivity contribution >= 4 is 58.0 Å². The Balaban J connectivity index is 2.75. The van der Waals surface area contributed by atoms with Gasteiger partial charge in [-0.15, -0.1) is 0 Å². The lowest BCUT2D eigenvalue weighted by Gasteiger charge is -2.13. The van der Waals surface area contributed by atoms with Crippen LogP contribution in [-0.4, -0.2) is 12.1 Å². The Morgan fingerprint density at radius 1 is 0.895 bits per heavy atom. The summed E-state index contributed by atoms with van der Waals surface area (Å²) in [5.41, 5.74) is 1.17. The second-order valence-electron chi connectivity index (χ2n) is 3.53. The minimum Gasteiger partial charge on any atom is -0.481 e. The van der Waals surface area contributed by atoms with Crippen LogP contribution in [0.3, 0.4) is 0 Å². The fourth-order valence-electron chi connectivity index (χ4n) is 1.53. The number of rotatable bonds is 2. The minimum atomic E-state index is 0.128. The monoisotopic (exact) mass is 355 g/mol. The summed E-state index contributed by atoms with van der Waals surface area (Å²) >= 11 is 30.4. The smallest absolute Gasteiger partial charge is 0.213 e. The molecule has 0 unspecified atom stereocenters. The molecular weight excluding hydrogens is 351 g/mol. The molecule has 1 aromatic heterocycles. The third kappa shape index (κ3) is 2.74. The van der Waals surface area contributed by atoms with E-state index in [0.29, 0.717) is 17.0 Å². The number of hydrogen-bond donors (Lipinski definition) is 0. The molecule has 0 radical (unpaired) electrons. The molecule has 2 nitrogen and oxygen atoms in total. The molecule has 0 N–H and O–H groups in total. The fourth-order valence-corrected chi connectivity index (χ4v) is 2.89. The maximum atomic E-state index is 6.19. The standard InChI is InChI=1S/C12H6Cl5NO/c1-19-6-4-5(2-3-18-6)7-8(13)10(15)12(17)11(16)9(7)14/h2-4H,1H3. The quantitative estimate of drug-likeness (QED) is 0.484. The minimum absolute atomic E-state index is 0.128. The van der Waals surface area contributed by atoms with Crippen LogP contribution in [0.15, 0.2) is 18.3 Å². The van der Waals surface area contributed by atoms with E-state index in [1.54, 1.807) is 18.3 Å². The molecule has 0 saturated heterocycles. The van der Waals surface area contributed by atoms with Gasteiger partial charge in [-0.05, 0) is 11.6 Å². The van der Waals surface area contributed by atoms with E-state index in [-0.39, 0.29) is 25.1 Å². The van der Waals surface area contributed by atoms with E-state index < -0.39 is 0 Å². The maximum absolute atomic E-state index is 6.19. The molecular formula is C12H6Cl5NO. The van der Waals surface area contributed by atoms with Crippen molar-refractivity contribution in [2.75, 3.05) is 7.11 Å². The molecule has 0 atom stereocenters. The number of halogens is 5. The van der Waals surface area contributed by atoms with E-state index in [9.17, 15) is 0 Å². The van der Waals surface area contributed by atoms with E-state index in [0.717, 1.165) is 0 Å².